The minimum atomic E-state index is -0.503. The third-order valence-corrected chi connectivity index (χ3v) is 6.11. The minimum Gasteiger partial charge on any atom is -0.461 e. The van der Waals surface area contributed by atoms with Crippen LogP contribution in [0.3, 0.4) is 0 Å². The quantitative estimate of drug-likeness (QED) is 0.144. The highest BCUT2D eigenvalue weighted by atomic mass is 16.5. The molecular formula is C30H51NO4. The third kappa shape index (κ3) is 16.4. The van der Waals surface area contributed by atoms with Crippen LogP contribution in [0.2, 0.25) is 0 Å². The monoisotopic (exact) mass is 489 g/mol. The standard InChI is InChI=1S/C30H51NO4/c1-6-7-8-9-10-11-12-13-14-15-16-17-18-22-34-28(32)26-20-19-21-27(31-26)29(33)35-24-25(2)23-30(3,4)5/h19-21,25H,6-18,22-24H2,1-5H3. The molecule has 0 fully saturated rings. The molecule has 0 spiro atoms. The highest BCUT2D eigenvalue weighted by Crippen LogP contribution is 2.24. The molecule has 1 aromatic heterocycles. The van der Waals surface area contributed by atoms with E-state index in [4.69, 9.17) is 9.47 Å². The number of pyridine rings is 1. The van der Waals surface area contributed by atoms with Gasteiger partial charge in [0.1, 0.15) is 11.4 Å². The van der Waals surface area contributed by atoms with Crippen molar-refractivity contribution in [3.8, 4) is 0 Å². The van der Waals surface area contributed by atoms with Crippen molar-refractivity contribution in [2.45, 2.75) is 125 Å². The van der Waals surface area contributed by atoms with Gasteiger partial charge in [0.15, 0.2) is 0 Å². The average Bonchev–Trinajstić information content (AvgIpc) is 2.81. The Kier molecular flexibility index (Phi) is 16.3. The minimum absolute atomic E-state index is 0.142. The van der Waals surface area contributed by atoms with E-state index in [0.717, 1.165) is 19.3 Å². The maximum absolute atomic E-state index is 12.3. The van der Waals surface area contributed by atoms with Gasteiger partial charge in [-0.05, 0) is 36.3 Å². The molecule has 0 aliphatic heterocycles. The van der Waals surface area contributed by atoms with E-state index >= 15 is 0 Å². The van der Waals surface area contributed by atoms with E-state index in [9.17, 15) is 9.59 Å². The summed E-state index contributed by atoms with van der Waals surface area (Å²) in [6.07, 6.45) is 17.6. The molecule has 5 nitrogen and oxygen atoms in total. The van der Waals surface area contributed by atoms with Crippen LogP contribution in [-0.2, 0) is 9.47 Å². The van der Waals surface area contributed by atoms with Crippen molar-refractivity contribution in [3.63, 3.8) is 0 Å². The van der Waals surface area contributed by atoms with E-state index in [2.05, 4.69) is 39.6 Å². The molecule has 0 amide bonds. The highest BCUT2D eigenvalue weighted by Gasteiger charge is 2.19. The lowest BCUT2D eigenvalue weighted by Gasteiger charge is -2.22. The predicted octanol–water partition coefficient (Wildman–Crippen LogP) is 8.56. The van der Waals surface area contributed by atoms with Crippen molar-refractivity contribution in [3.05, 3.63) is 29.6 Å². The summed E-state index contributed by atoms with van der Waals surface area (Å²) in [5.41, 5.74) is 0.473. The first-order chi connectivity index (χ1) is 16.7. The summed E-state index contributed by atoms with van der Waals surface area (Å²) in [7, 11) is 0. The van der Waals surface area contributed by atoms with E-state index in [-0.39, 0.29) is 22.7 Å². The van der Waals surface area contributed by atoms with Gasteiger partial charge in [-0.3, -0.25) is 0 Å². The van der Waals surface area contributed by atoms with E-state index < -0.39 is 11.9 Å². The zero-order valence-corrected chi connectivity index (χ0v) is 23.2. The van der Waals surface area contributed by atoms with Crippen LogP contribution in [0.4, 0.5) is 0 Å². The van der Waals surface area contributed by atoms with E-state index in [0.29, 0.717) is 13.2 Å². The molecule has 1 rings (SSSR count). The third-order valence-electron chi connectivity index (χ3n) is 6.11. The molecule has 1 heterocycles. The Labute approximate surface area is 214 Å². The fraction of sp³-hybridized carbons (Fsp3) is 0.767. The Morgan fingerprint density at radius 1 is 0.771 bits per heavy atom. The van der Waals surface area contributed by atoms with Crippen molar-refractivity contribution in [1.29, 1.82) is 0 Å². The average molecular weight is 490 g/mol. The fourth-order valence-electron chi connectivity index (χ4n) is 4.42. The maximum atomic E-state index is 12.3. The summed E-state index contributed by atoms with van der Waals surface area (Å²) in [5.74, 6) is -0.732. The Hall–Kier alpha value is -1.91. The number of carbonyl (C=O) groups excluding carboxylic acids is 2. The Morgan fingerprint density at radius 3 is 1.71 bits per heavy atom. The first-order valence-corrected chi connectivity index (χ1v) is 14.0. The summed E-state index contributed by atoms with van der Waals surface area (Å²) in [4.78, 5) is 28.8. The lowest BCUT2D eigenvalue weighted by atomic mass is 9.86. The van der Waals surface area contributed by atoms with Gasteiger partial charge in [0.25, 0.3) is 0 Å². The lowest BCUT2D eigenvalue weighted by Crippen LogP contribution is -2.19. The number of carbonyl (C=O) groups is 2. The Morgan fingerprint density at radius 2 is 1.23 bits per heavy atom. The number of nitrogens with zero attached hydrogens (tertiary/aromatic N) is 1. The van der Waals surface area contributed by atoms with Crippen LogP contribution in [0.15, 0.2) is 18.2 Å². The van der Waals surface area contributed by atoms with Gasteiger partial charge in [-0.15, -0.1) is 0 Å². The highest BCUT2D eigenvalue weighted by molar-refractivity contribution is 5.91. The molecule has 1 unspecified atom stereocenters. The Bertz CT molecular complexity index is 711. The Balaban J connectivity index is 2.16. The SMILES string of the molecule is CCCCCCCCCCCCCCCOC(=O)c1cccc(C(=O)OCC(C)CC(C)(C)C)n1. The molecule has 1 atom stereocenters. The fourth-order valence-corrected chi connectivity index (χ4v) is 4.42. The molecule has 0 saturated carbocycles. The van der Waals surface area contributed by atoms with Gasteiger partial charge in [-0.25, -0.2) is 14.6 Å². The summed E-state index contributed by atoms with van der Waals surface area (Å²) in [5, 5.41) is 0. The number of hydrogen-bond donors (Lipinski definition) is 0. The van der Waals surface area contributed by atoms with Gasteiger partial charge in [0, 0.05) is 0 Å². The number of unbranched alkanes of at least 4 members (excludes halogenated alkanes) is 12. The zero-order valence-electron chi connectivity index (χ0n) is 23.2. The second-order valence-corrected chi connectivity index (χ2v) is 11.3. The molecule has 0 radical (unpaired) electrons. The van der Waals surface area contributed by atoms with Gasteiger partial charge in [-0.2, -0.15) is 0 Å². The smallest absolute Gasteiger partial charge is 0.356 e. The largest absolute Gasteiger partial charge is 0.461 e. The van der Waals surface area contributed by atoms with Crippen LogP contribution in [0.25, 0.3) is 0 Å². The molecule has 5 heteroatoms. The summed E-state index contributed by atoms with van der Waals surface area (Å²) < 4.78 is 10.8. The zero-order chi connectivity index (χ0) is 25.9. The van der Waals surface area contributed by atoms with Gasteiger partial charge >= 0.3 is 11.9 Å². The molecule has 0 saturated heterocycles. The predicted molar refractivity (Wildman–Crippen MR) is 144 cm³/mol. The summed E-state index contributed by atoms with van der Waals surface area (Å²) in [6.45, 7) is 11.6. The molecule has 35 heavy (non-hydrogen) atoms. The van der Waals surface area contributed by atoms with Gasteiger partial charge in [-0.1, -0.05) is 118 Å². The topological polar surface area (TPSA) is 65.5 Å². The van der Waals surface area contributed by atoms with Crippen molar-refractivity contribution < 1.29 is 19.1 Å². The van der Waals surface area contributed by atoms with Gasteiger partial charge < -0.3 is 9.47 Å². The second-order valence-electron chi connectivity index (χ2n) is 11.3. The van der Waals surface area contributed by atoms with Crippen LogP contribution in [0.5, 0.6) is 0 Å². The van der Waals surface area contributed by atoms with Crippen molar-refractivity contribution in [2.75, 3.05) is 13.2 Å². The van der Waals surface area contributed by atoms with E-state index in [1.165, 1.54) is 70.6 Å². The number of esters is 2. The van der Waals surface area contributed by atoms with Crippen molar-refractivity contribution >= 4 is 11.9 Å². The van der Waals surface area contributed by atoms with Crippen LogP contribution in [-0.4, -0.2) is 30.1 Å². The van der Waals surface area contributed by atoms with Crippen LogP contribution in [0, 0.1) is 11.3 Å². The van der Waals surface area contributed by atoms with Crippen LogP contribution in [0.1, 0.15) is 145 Å². The normalized spacial score (nSPS) is 12.4. The molecule has 0 aliphatic carbocycles. The van der Waals surface area contributed by atoms with Gasteiger partial charge in [0.2, 0.25) is 0 Å². The summed E-state index contributed by atoms with van der Waals surface area (Å²) >= 11 is 0. The van der Waals surface area contributed by atoms with Gasteiger partial charge in [0.05, 0.1) is 13.2 Å². The number of aromatic nitrogens is 1. The molecule has 1 aromatic rings. The van der Waals surface area contributed by atoms with Crippen molar-refractivity contribution in [2.24, 2.45) is 11.3 Å². The molecule has 0 aliphatic rings. The molecule has 0 bridgehead atoms. The first-order valence-electron chi connectivity index (χ1n) is 14.0. The number of hydrogen-bond acceptors (Lipinski definition) is 5. The molecule has 200 valence electrons. The number of rotatable bonds is 19. The first kappa shape index (κ1) is 31.1. The lowest BCUT2D eigenvalue weighted by molar-refractivity contribution is 0.0412. The van der Waals surface area contributed by atoms with Crippen LogP contribution < -0.4 is 0 Å². The number of ether oxygens (including phenoxy) is 2. The second kappa shape index (κ2) is 18.4. The van der Waals surface area contributed by atoms with E-state index in [1.807, 2.05) is 0 Å². The summed E-state index contributed by atoms with van der Waals surface area (Å²) in [6, 6.07) is 4.79. The van der Waals surface area contributed by atoms with Crippen LogP contribution >= 0.6 is 0 Å². The van der Waals surface area contributed by atoms with E-state index in [1.54, 1.807) is 18.2 Å². The molecule has 0 aromatic carbocycles. The molecular weight excluding hydrogens is 438 g/mol. The van der Waals surface area contributed by atoms with Crippen molar-refractivity contribution in [1.82, 2.24) is 4.98 Å². The molecule has 0 N–H and O–H groups in total. The maximum Gasteiger partial charge on any atom is 0.356 e.